The quantitative estimate of drug-likeness (QED) is 0.447. The Morgan fingerprint density at radius 1 is 1.19 bits per heavy atom. The summed E-state index contributed by atoms with van der Waals surface area (Å²) in [5, 5.41) is 2.39. The average Bonchev–Trinajstić information content (AvgIpc) is 3.29. The molecular weight excluding hydrogens is 293 g/mol. The molecule has 1 aromatic rings. The van der Waals surface area contributed by atoms with Crippen LogP contribution in [0.5, 0.6) is 0 Å². The molecule has 1 fully saturated rings. The minimum Gasteiger partial charge on any atom is -0.298 e. The van der Waals surface area contributed by atoms with E-state index in [0.29, 0.717) is 5.56 Å². The van der Waals surface area contributed by atoms with Crippen LogP contribution in [0.3, 0.4) is 0 Å². The van der Waals surface area contributed by atoms with E-state index < -0.39 is 5.91 Å². The van der Waals surface area contributed by atoms with E-state index >= 15 is 0 Å². The number of amides is 2. The van der Waals surface area contributed by atoms with Crippen LogP contribution < -0.4 is 16.2 Å². The topological polar surface area (TPSA) is 70.2 Å². The van der Waals surface area contributed by atoms with Crippen molar-refractivity contribution in [1.29, 1.82) is 0 Å². The Bertz CT molecular complexity index is 582. The van der Waals surface area contributed by atoms with Gasteiger partial charge in [0.05, 0.1) is 0 Å². The normalized spacial score (nSPS) is 13.8. The molecule has 0 bridgehead atoms. The predicted octanol–water partition coefficient (Wildman–Crippen LogP) is 1.27. The Balaban J connectivity index is 1.73. The zero-order chi connectivity index (χ0) is 15.2. The van der Waals surface area contributed by atoms with Gasteiger partial charge in [0.25, 0.3) is 0 Å². The van der Waals surface area contributed by atoms with Gasteiger partial charge < -0.3 is 0 Å². The molecule has 0 aromatic heterocycles. The van der Waals surface area contributed by atoms with Crippen LogP contribution in [0.15, 0.2) is 30.3 Å². The van der Waals surface area contributed by atoms with Crippen molar-refractivity contribution >= 4 is 35.2 Å². The van der Waals surface area contributed by atoms with Crippen LogP contribution in [0.4, 0.5) is 4.39 Å². The molecule has 0 saturated heterocycles. The number of rotatable bonds is 3. The van der Waals surface area contributed by atoms with Crippen LogP contribution in [0.1, 0.15) is 18.4 Å². The Hall–Kier alpha value is -2.28. The van der Waals surface area contributed by atoms with Crippen LogP contribution in [0, 0.1) is 11.7 Å². The van der Waals surface area contributed by atoms with E-state index in [9.17, 15) is 14.0 Å². The second-order valence-electron chi connectivity index (χ2n) is 4.59. The minimum absolute atomic E-state index is 0.0118. The molecule has 0 aliphatic heterocycles. The maximum absolute atomic E-state index is 12.7. The number of nitrogens with one attached hydrogen (secondary N) is 3. The van der Waals surface area contributed by atoms with E-state index in [1.54, 1.807) is 12.1 Å². The van der Waals surface area contributed by atoms with E-state index in [0.717, 1.165) is 12.8 Å². The summed E-state index contributed by atoms with van der Waals surface area (Å²) in [6, 6.07) is 5.70. The first-order valence-corrected chi connectivity index (χ1v) is 6.80. The highest BCUT2D eigenvalue weighted by Gasteiger charge is 2.29. The molecule has 3 N–H and O–H groups in total. The van der Waals surface area contributed by atoms with Crippen LogP contribution in [0.2, 0.25) is 0 Å². The van der Waals surface area contributed by atoms with Crippen molar-refractivity contribution in [2.75, 3.05) is 0 Å². The molecule has 0 radical (unpaired) electrons. The molecule has 0 heterocycles. The van der Waals surface area contributed by atoms with Crippen molar-refractivity contribution in [1.82, 2.24) is 16.2 Å². The van der Waals surface area contributed by atoms with Gasteiger partial charge in [-0.05, 0) is 48.8 Å². The maximum atomic E-state index is 12.7. The first kappa shape index (κ1) is 15.1. The third-order valence-electron chi connectivity index (χ3n) is 2.78. The number of benzene rings is 1. The molecule has 110 valence electrons. The molecule has 7 heteroatoms. The summed E-state index contributed by atoms with van der Waals surface area (Å²) in [6.07, 6.45) is 4.56. The van der Waals surface area contributed by atoms with Crippen LogP contribution in [0.25, 0.3) is 6.08 Å². The van der Waals surface area contributed by atoms with Gasteiger partial charge in [-0.1, -0.05) is 12.1 Å². The predicted molar refractivity (Wildman–Crippen MR) is 80.2 cm³/mol. The summed E-state index contributed by atoms with van der Waals surface area (Å²) in [7, 11) is 0. The molecule has 1 saturated carbocycles. The number of carbonyl (C=O) groups is 2. The molecule has 5 nitrogen and oxygen atoms in total. The SMILES string of the molecule is O=C(C=Cc1ccc(F)cc1)NC(=S)NNC(=O)C1CC1. The minimum atomic E-state index is -0.447. The Morgan fingerprint density at radius 3 is 2.48 bits per heavy atom. The average molecular weight is 307 g/mol. The van der Waals surface area contributed by atoms with Gasteiger partial charge >= 0.3 is 0 Å². The second kappa shape index (κ2) is 6.94. The Morgan fingerprint density at radius 2 is 1.86 bits per heavy atom. The molecule has 2 amide bonds. The maximum Gasteiger partial charge on any atom is 0.250 e. The van der Waals surface area contributed by atoms with Crippen molar-refractivity contribution < 1.29 is 14.0 Å². The van der Waals surface area contributed by atoms with E-state index in [2.05, 4.69) is 16.2 Å². The summed E-state index contributed by atoms with van der Waals surface area (Å²) in [5.74, 6) is -0.867. The van der Waals surface area contributed by atoms with Gasteiger partial charge in [0.15, 0.2) is 5.11 Å². The molecule has 0 unspecified atom stereocenters. The summed E-state index contributed by atoms with van der Waals surface area (Å²) in [5.41, 5.74) is 5.56. The fourth-order valence-electron chi connectivity index (χ4n) is 1.50. The fourth-order valence-corrected chi connectivity index (χ4v) is 1.65. The highest BCUT2D eigenvalue weighted by atomic mass is 32.1. The van der Waals surface area contributed by atoms with Crippen molar-refractivity contribution in [3.05, 3.63) is 41.7 Å². The van der Waals surface area contributed by atoms with Gasteiger partial charge in [0.1, 0.15) is 5.82 Å². The van der Waals surface area contributed by atoms with Crippen molar-refractivity contribution in [2.24, 2.45) is 5.92 Å². The highest BCUT2D eigenvalue weighted by Crippen LogP contribution is 2.28. The van der Waals surface area contributed by atoms with Gasteiger partial charge in [-0.3, -0.25) is 25.8 Å². The molecule has 0 atom stereocenters. The smallest absolute Gasteiger partial charge is 0.250 e. The zero-order valence-corrected chi connectivity index (χ0v) is 11.9. The van der Waals surface area contributed by atoms with Gasteiger partial charge in [0, 0.05) is 12.0 Å². The molecule has 21 heavy (non-hydrogen) atoms. The lowest BCUT2D eigenvalue weighted by Gasteiger charge is -2.08. The van der Waals surface area contributed by atoms with Crippen molar-refractivity contribution in [3.63, 3.8) is 0 Å². The van der Waals surface area contributed by atoms with Crippen molar-refractivity contribution in [2.45, 2.75) is 12.8 Å². The molecule has 2 rings (SSSR count). The van der Waals surface area contributed by atoms with Crippen molar-refractivity contribution in [3.8, 4) is 0 Å². The third-order valence-corrected chi connectivity index (χ3v) is 2.99. The largest absolute Gasteiger partial charge is 0.298 e. The first-order valence-electron chi connectivity index (χ1n) is 6.39. The first-order chi connectivity index (χ1) is 10.0. The lowest BCUT2D eigenvalue weighted by molar-refractivity contribution is -0.123. The van der Waals surface area contributed by atoms with Gasteiger partial charge in [-0.15, -0.1) is 0 Å². The number of carbonyl (C=O) groups excluding carboxylic acids is 2. The molecular formula is C14H14FN3O2S. The van der Waals surface area contributed by atoms with Gasteiger partial charge in [0.2, 0.25) is 11.8 Å². The summed E-state index contributed by atoms with van der Waals surface area (Å²) in [4.78, 5) is 22.9. The second-order valence-corrected chi connectivity index (χ2v) is 5.00. The zero-order valence-electron chi connectivity index (χ0n) is 11.1. The Labute approximate surface area is 126 Å². The van der Waals surface area contributed by atoms with Crippen LogP contribution in [-0.2, 0) is 9.59 Å². The van der Waals surface area contributed by atoms with Crippen LogP contribution in [-0.4, -0.2) is 16.9 Å². The van der Waals surface area contributed by atoms with E-state index in [4.69, 9.17) is 12.2 Å². The molecule has 1 aromatic carbocycles. The summed E-state index contributed by atoms with van der Waals surface area (Å²) < 4.78 is 12.7. The summed E-state index contributed by atoms with van der Waals surface area (Å²) in [6.45, 7) is 0. The monoisotopic (exact) mass is 307 g/mol. The number of hydrogen-bond donors (Lipinski definition) is 3. The third kappa shape index (κ3) is 5.31. The lowest BCUT2D eigenvalue weighted by Crippen LogP contribution is -2.48. The molecule has 1 aliphatic carbocycles. The van der Waals surface area contributed by atoms with E-state index in [1.165, 1.54) is 24.3 Å². The fraction of sp³-hybridized carbons (Fsp3) is 0.214. The number of thiocarbonyl (C=S) groups is 1. The number of hydrogen-bond acceptors (Lipinski definition) is 3. The van der Waals surface area contributed by atoms with E-state index in [-0.39, 0.29) is 22.8 Å². The van der Waals surface area contributed by atoms with Gasteiger partial charge in [-0.25, -0.2) is 4.39 Å². The van der Waals surface area contributed by atoms with Gasteiger partial charge in [-0.2, -0.15) is 0 Å². The highest BCUT2D eigenvalue weighted by molar-refractivity contribution is 7.80. The van der Waals surface area contributed by atoms with Crippen LogP contribution >= 0.6 is 12.2 Å². The molecule has 0 spiro atoms. The number of halogens is 1. The summed E-state index contributed by atoms with van der Waals surface area (Å²) >= 11 is 4.86. The molecule has 1 aliphatic rings. The van der Waals surface area contributed by atoms with E-state index in [1.807, 2.05) is 0 Å². The standard InChI is InChI=1S/C14H14FN3O2S/c15-11-6-1-9(2-7-11)3-8-12(19)16-14(21)18-17-13(20)10-4-5-10/h1-3,6-8,10H,4-5H2,(H,17,20)(H2,16,18,19,21). The number of hydrazine groups is 1. The Kier molecular flexibility index (Phi) is 4.99. The lowest BCUT2D eigenvalue weighted by atomic mass is 10.2.